The maximum absolute atomic E-state index is 4.33. The molecule has 0 aliphatic carbocycles. The van der Waals surface area contributed by atoms with Gasteiger partial charge in [0.25, 0.3) is 0 Å². The fourth-order valence-corrected chi connectivity index (χ4v) is 1.69. The van der Waals surface area contributed by atoms with Crippen molar-refractivity contribution in [1.29, 1.82) is 0 Å². The van der Waals surface area contributed by atoms with E-state index in [2.05, 4.69) is 32.5 Å². The van der Waals surface area contributed by atoms with Gasteiger partial charge in [-0.3, -0.25) is 14.6 Å². The third kappa shape index (κ3) is 3.07. The van der Waals surface area contributed by atoms with Crippen LogP contribution in [0.15, 0.2) is 24.8 Å². The average Bonchev–Trinajstić information content (AvgIpc) is 2.82. The number of hydrogen-bond donors (Lipinski definition) is 1. The van der Waals surface area contributed by atoms with Gasteiger partial charge in [-0.25, -0.2) is 0 Å². The van der Waals surface area contributed by atoms with Crippen molar-refractivity contribution >= 4 is 0 Å². The lowest BCUT2D eigenvalue weighted by Gasteiger charge is -2.14. The highest BCUT2D eigenvalue weighted by atomic mass is 15.4. The molecule has 0 aliphatic heterocycles. The monoisotopic (exact) mass is 232 g/mol. The van der Waals surface area contributed by atoms with Gasteiger partial charge in [0, 0.05) is 31.2 Å². The van der Waals surface area contributed by atoms with E-state index in [0.717, 1.165) is 24.5 Å². The summed E-state index contributed by atoms with van der Waals surface area (Å²) < 4.78 is 1.79. The Balaban J connectivity index is 1.85. The fourth-order valence-electron chi connectivity index (χ4n) is 1.69. The average molecular weight is 232 g/mol. The van der Waals surface area contributed by atoms with Crippen molar-refractivity contribution in [2.45, 2.75) is 26.4 Å². The van der Waals surface area contributed by atoms with Crippen LogP contribution in [-0.2, 0) is 6.54 Å². The van der Waals surface area contributed by atoms with E-state index in [1.807, 2.05) is 13.1 Å². The SMILES string of the molecule is Cc1nccnc1C(C)NCCn1ccnn1. The van der Waals surface area contributed by atoms with Gasteiger partial charge >= 0.3 is 0 Å². The van der Waals surface area contributed by atoms with E-state index in [1.54, 1.807) is 23.3 Å². The Morgan fingerprint density at radius 1 is 1.29 bits per heavy atom. The topological polar surface area (TPSA) is 68.5 Å². The molecule has 0 saturated carbocycles. The zero-order valence-electron chi connectivity index (χ0n) is 10.0. The van der Waals surface area contributed by atoms with E-state index >= 15 is 0 Å². The maximum Gasteiger partial charge on any atom is 0.0782 e. The summed E-state index contributed by atoms with van der Waals surface area (Å²) in [4.78, 5) is 8.56. The molecule has 0 spiro atoms. The second kappa shape index (κ2) is 5.49. The van der Waals surface area contributed by atoms with Crippen molar-refractivity contribution in [2.75, 3.05) is 6.54 Å². The van der Waals surface area contributed by atoms with Gasteiger partial charge in [0.1, 0.15) is 0 Å². The van der Waals surface area contributed by atoms with Gasteiger partial charge in [0.05, 0.1) is 24.1 Å². The first-order chi connectivity index (χ1) is 8.27. The number of rotatable bonds is 5. The lowest BCUT2D eigenvalue weighted by molar-refractivity contribution is 0.491. The number of aromatic nitrogens is 5. The van der Waals surface area contributed by atoms with Crippen LogP contribution in [0.4, 0.5) is 0 Å². The van der Waals surface area contributed by atoms with Crippen molar-refractivity contribution in [3.05, 3.63) is 36.2 Å². The Bertz CT molecular complexity index is 453. The molecular formula is C11H16N6. The summed E-state index contributed by atoms with van der Waals surface area (Å²) in [5.41, 5.74) is 1.96. The van der Waals surface area contributed by atoms with Crippen molar-refractivity contribution in [3.8, 4) is 0 Å². The summed E-state index contributed by atoms with van der Waals surface area (Å²) in [5, 5.41) is 11.0. The summed E-state index contributed by atoms with van der Waals surface area (Å²) in [7, 11) is 0. The van der Waals surface area contributed by atoms with Gasteiger partial charge in [-0.05, 0) is 13.8 Å². The van der Waals surface area contributed by atoms with Crippen LogP contribution < -0.4 is 5.32 Å². The van der Waals surface area contributed by atoms with E-state index in [0.29, 0.717) is 0 Å². The smallest absolute Gasteiger partial charge is 0.0782 e. The van der Waals surface area contributed by atoms with Gasteiger partial charge in [0.2, 0.25) is 0 Å². The minimum atomic E-state index is 0.187. The Labute approximate surface area is 100 Å². The van der Waals surface area contributed by atoms with Crippen LogP contribution in [0.3, 0.4) is 0 Å². The van der Waals surface area contributed by atoms with Gasteiger partial charge in [0.15, 0.2) is 0 Å². The summed E-state index contributed by atoms with van der Waals surface area (Å²) in [6, 6.07) is 0.187. The molecule has 1 N–H and O–H groups in total. The minimum absolute atomic E-state index is 0.187. The molecule has 2 rings (SSSR count). The summed E-state index contributed by atoms with van der Waals surface area (Å²) in [6.45, 7) is 5.67. The van der Waals surface area contributed by atoms with Gasteiger partial charge in [-0.1, -0.05) is 5.21 Å². The highest BCUT2D eigenvalue weighted by Crippen LogP contribution is 2.10. The molecule has 2 aromatic heterocycles. The van der Waals surface area contributed by atoms with E-state index < -0.39 is 0 Å². The van der Waals surface area contributed by atoms with Crippen molar-refractivity contribution in [1.82, 2.24) is 30.3 Å². The molecule has 0 bridgehead atoms. The lowest BCUT2D eigenvalue weighted by atomic mass is 10.2. The third-order valence-electron chi connectivity index (χ3n) is 2.59. The van der Waals surface area contributed by atoms with Crippen LogP contribution in [0.25, 0.3) is 0 Å². The molecule has 0 aromatic carbocycles. The molecule has 0 aliphatic rings. The van der Waals surface area contributed by atoms with Gasteiger partial charge in [-0.2, -0.15) is 0 Å². The van der Waals surface area contributed by atoms with Crippen LogP contribution in [0.1, 0.15) is 24.4 Å². The zero-order chi connectivity index (χ0) is 12.1. The molecule has 6 nitrogen and oxygen atoms in total. The maximum atomic E-state index is 4.33. The minimum Gasteiger partial charge on any atom is -0.307 e. The van der Waals surface area contributed by atoms with E-state index in [9.17, 15) is 0 Å². The van der Waals surface area contributed by atoms with Crippen LogP contribution in [0, 0.1) is 6.92 Å². The molecule has 90 valence electrons. The Morgan fingerprint density at radius 2 is 2.12 bits per heavy atom. The summed E-state index contributed by atoms with van der Waals surface area (Å²) in [6.07, 6.45) is 6.95. The molecule has 1 atom stereocenters. The van der Waals surface area contributed by atoms with Crippen LogP contribution >= 0.6 is 0 Å². The molecule has 1 unspecified atom stereocenters. The standard InChI is InChI=1S/C11H16N6/c1-9-11(14-4-3-12-9)10(2)13-5-7-17-8-6-15-16-17/h3-4,6,8,10,13H,5,7H2,1-2H3. The first-order valence-electron chi connectivity index (χ1n) is 5.62. The van der Waals surface area contributed by atoms with Gasteiger partial charge < -0.3 is 5.32 Å². The second-order valence-electron chi connectivity index (χ2n) is 3.87. The van der Waals surface area contributed by atoms with Crippen LogP contribution in [-0.4, -0.2) is 31.5 Å². The number of aryl methyl sites for hydroxylation is 1. The lowest BCUT2D eigenvalue weighted by Crippen LogP contribution is -2.25. The Morgan fingerprint density at radius 3 is 2.82 bits per heavy atom. The second-order valence-corrected chi connectivity index (χ2v) is 3.87. The molecule has 2 aromatic rings. The first-order valence-corrected chi connectivity index (χ1v) is 5.62. The fraction of sp³-hybridized carbons (Fsp3) is 0.455. The predicted molar refractivity (Wildman–Crippen MR) is 63.2 cm³/mol. The van der Waals surface area contributed by atoms with Crippen molar-refractivity contribution in [2.24, 2.45) is 0 Å². The largest absolute Gasteiger partial charge is 0.307 e. The van der Waals surface area contributed by atoms with E-state index in [-0.39, 0.29) is 6.04 Å². The molecular weight excluding hydrogens is 216 g/mol. The molecule has 6 heteroatoms. The summed E-state index contributed by atoms with van der Waals surface area (Å²) in [5.74, 6) is 0. The van der Waals surface area contributed by atoms with Crippen LogP contribution in [0.2, 0.25) is 0 Å². The van der Waals surface area contributed by atoms with Gasteiger partial charge in [-0.15, -0.1) is 5.10 Å². The Kier molecular flexibility index (Phi) is 3.77. The summed E-state index contributed by atoms with van der Waals surface area (Å²) >= 11 is 0. The molecule has 17 heavy (non-hydrogen) atoms. The third-order valence-corrected chi connectivity index (χ3v) is 2.59. The first kappa shape index (κ1) is 11.7. The Hall–Kier alpha value is -1.82. The van der Waals surface area contributed by atoms with Crippen molar-refractivity contribution < 1.29 is 0 Å². The normalized spacial score (nSPS) is 12.6. The predicted octanol–water partition coefficient (Wildman–Crippen LogP) is 0.727. The molecule has 0 saturated heterocycles. The molecule has 0 amide bonds. The van der Waals surface area contributed by atoms with E-state index in [1.165, 1.54) is 0 Å². The molecule has 0 radical (unpaired) electrons. The highest BCUT2D eigenvalue weighted by molar-refractivity contribution is 5.12. The van der Waals surface area contributed by atoms with Crippen molar-refractivity contribution in [3.63, 3.8) is 0 Å². The molecule has 0 fully saturated rings. The number of nitrogens with one attached hydrogen (secondary N) is 1. The van der Waals surface area contributed by atoms with E-state index in [4.69, 9.17) is 0 Å². The molecule has 2 heterocycles. The highest BCUT2D eigenvalue weighted by Gasteiger charge is 2.09. The quantitative estimate of drug-likeness (QED) is 0.823. The van der Waals surface area contributed by atoms with Crippen LogP contribution in [0.5, 0.6) is 0 Å². The zero-order valence-corrected chi connectivity index (χ0v) is 10.0. The number of nitrogens with zero attached hydrogens (tertiary/aromatic N) is 5. The number of hydrogen-bond acceptors (Lipinski definition) is 5.